The SMILES string of the molecule is OBc1cccc2c1-c1cccc3c1-c1ccccc1Sc1cccc-3c1-2. The summed E-state index contributed by atoms with van der Waals surface area (Å²) >= 11 is 1.84. The van der Waals surface area contributed by atoms with E-state index in [9.17, 15) is 5.02 Å². The van der Waals surface area contributed by atoms with E-state index in [-0.39, 0.29) is 7.48 Å². The fourth-order valence-corrected chi connectivity index (χ4v) is 5.66. The average molecular weight is 362 g/mol. The van der Waals surface area contributed by atoms with Crippen molar-refractivity contribution < 1.29 is 5.02 Å². The zero-order valence-corrected chi connectivity index (χ0v) is 15.4. The van der Waals surface area contributed by atoms with Gasteiger partial charge in [0.1, 0.15) is 0 Å². The van der Waals surface area contributed by atoms with Crippen LogP contribution in [0.4, 0.5) is 0 Å². The lowest BCUT2D eigenvalue weighted by molar-refractivity contribution is 0.615. The first-order valence-electron chi connectivity index (χ1n) is 9.14. The lowest BCUT2D eigenvalue weighted by Crippen LogP contribution is -2.17. The third-order valence-corrected chi connectivity index (χ3v) is 6.75. The van der Waals surface area contributed by atoms with Crippen LogP contribution in [0.3, 0.4) is 0 Å². The van der Waals surface area contributed by atoms with Gasteiger partial charge in [-0.15, -0.1) is 0 Å². The lowest BCUT2D eigenvalue weighted by Gasteiger charge is -2.20. The monoisotopic (exact) mass is 362 g/mol. The van der Waals surface area contributed by atoms with E-state index < -0.39 is 0 Å². The number of benzene rings is 4. The van der Waals surface area contributed by atoms with Gasteiger partial charge in [-0.1, -0.05) is 78.5 Å². The van der Waals surface area contributed by atoms with Gasteiger partial charge in [0.05, 0.1) is 0 Å². The largest absolute Gasteiger partial charge is 0.449 e. The molecule has 0 radical (unpaired) electrons. The summed E-state index contributed by atoms with van der Waals surface area (Å²) in [6.07, 6.45) is 0. The molecule has 6 bridgehead atoms. The third-order valence-electron chi connectivity index (χ3n) is 5.62. The van der Waals surface area contributed by atoms with Crippen molar-refractivity contribution in [2.45, 2.75) is 9.79 Å². The van der Waals surface area contributed by atoms with E-state index in [4.69, 9.17) is 0 Å². The Labute approximate surface area is 163 Å². The van der Waals surface area contributed by atoms with Crippen molar-refractivity contribution in [1.29, 1.82) is 0 Å². The Hall–Kier alpha value is -2.75. The molecule has 1 aliphatic carbocycles. The van der Waals surface area contributed by atoms with E-state index >= 15 is 0 Å². The van der Waals surface area contributed by atoms with Gasteiger partial charge in [-0.2, -0.15) is 0 Å². The fourth-order valence-electron chi connectivity index (χ4n) is 4.53. The van der Waals surface area contributed by atoms with Crippen LogP contribution in [0.2, 0.25) is 0 Å². The highest BCUT2D eigenvalue weighted by Crippen LogP contribution is 2.56. The van der Waals surface area contributed by atoms with E-state index in [0.29, 0.717) is 0 Å². The minimum Gasteiger partial charge on any atom is -0.449 e. The smallest absolute Gasteiger partial charge is 0.305 e. The first-order valence-corrected chi connectivity index (χ1v) is 9.95. The highest BCUT2D eigenvalue weighted by atomic mass is 32.2. The molecule has 1 nitrogen and oxygen atoms in total. The van der Waals surface area contributed by atoms with Gasteiger partial charge < -0.3 is 5.02 Å². The first kappa shape index (κ1) is 15.3. The fraction of sp³-hybridized carbons (Fsp3) is 0. The highest BCUT2D eigenvalue weighted by molar-refractivity contribution is 7.99. The highest BCUT2D eigenvalue weighted by Gasteiger charge is 2.29. The molecular formula is C24H15BOS. The Morgan fingerprint density at radius 3 is 1.96 bits per heavy atom. The third kappa shape index (κ3) is 2.01. The van der Waals surface area contributed by atoms with Gasteiger partial charge in [0.2, 0.25) is 0 Å². The molecule has 0 unspecified atom stereocenters. The summed E-state index contributed by atoms with van der Waals surface area (Å²) < 4.78 is 0. The zero-order chi connectivity index (χ0) is 18.0. The summed E-state index contributed by atoms with van der Waals surface area (Å²) in [5.41, 5.74) is 11.0. The van der Waals surface area contributed by atoms with Crippen LogP contribution in [0.15, 0.2) is 88.7 Å². The molecule has 0 spiro atoms. The predicted molar refractivity (Wildman–Crippen MR) is 115 cm³/mol. The molecule has 4 aromatic carbocycles. The summed E-state index contributed by atoms with van der Waals surface area (Å²) in [7, 11) is 0.0408. The topological polar surface area (TPSA) is 20.2 Å². The molecule has 0 saturated carbocycles. The molecule has 0 fully saturated rings. The van der Waals surface area contributed by atoms with E-state index in [1.807, 2.05) is 17.8 Å². The molecule has 2 aliphatic rings. The molecule has 0 aromatic heterocycles. The van der Waals surface area contributed by atoms with E-state index in [0.717, 1.165) is 5.46 Å². The van der Waals surface area contributed by atoms with E-state index in [2.05, 4.69) is 72.8 Å². The molecule has 1 aliphatic heterocycles. The summed E-state index contributed by atoms with van der Waals surface area (Å²) in [5.74, 6) is 0. The number of hydrogen-bond acceptors (Lipinski definition) is 2. The molecule has 3 heteroatoms. The molecule has 126 valence electrons. The Balaban J connectivity index is 1.93. The van der Waals surface area contributed by atoms with Crippen molar-refractivity contribution in [1.82, 2.24) is 0 Å². The average Bonchev–Trinajstić information content (AvgIpc) is 2.76. The zero-order valence-electron chi connectivity index (χ0n) is 14.6. The van der Waals surface area contributed by atoms with Crippen LogP contribution in [0.5, 0.6) is 0 Å². The number of fused-ring (bicyclic) bond motifs is 3. The molecule has 0 atom stereocenters. The van der Waals surface area contributed by atoms with Gasteiger partial charge in [-0.05, 0) is 56.5 Å². The van der Waals surface area contributed by atoms with Crippen LogP contribution in [-0.2, 0) is 0 Å². The van der Waals surface area contributed by atoms with E-state index in [1.54, 1.807) is 0 Å². The first-order chi connectivity index (χ1) is 13.4. The molecule has 4 aromatic rings. The molecule has 1 heterocycles. The summed E-state index contributed by atoms with van der Waals surface area (Å²) in [4.78, 5) is 2.55. The van der Waals surface area contributed by atoms with E-state index in [1.165, 1.54) is 54.3 Å². The van der Waals surface area contributed by atoms with Gasteiger partial charge in [0.15, 0.2) is 0 Å². The normalized spacial score (nSPS) is 12.5. The maximum absolute atomic E-state index is 10.1. The van der Waals surface area contributed by atoms with Gasteiger partial charge >= 0.3 is 7.48 Å². The number of hydrogen-bond donors (Lipinski definition) is 1. The van der Waals surface area contributed by atoms with Gasteiger partial charge in [-0.25, -0.2) is 0 Å². The molecule has 0 saturated heterocycles. The molecule has 27 heavy (non-hydrogen) atoms. The van der Waals surface area contributed by atoms with Crippen molar-refractivity contribution in [2.75, 3.05) is 0 Å². The Morgan fingerprint density at radius 1 is 0.519 bits per heavy atom. The van der Waals surface area contributed by atoms with Crippen LogP contribution in [0.1, 0.15) is 0 Å². The van der Waals surface area contributed by atoms with Crippen molar-refractivity contribution >= 4 is 24.7 Å². The van der Waals surface area contributed by atoms with Crippen molar-refractivity contribution in [3.05, 3.63) is 78.9 Å². The maximum atomic E-state index is 10.1. The summed E-state index contributed by atoms with van der Waals surface area (Å²) in [6.45, 7) is 0. The molecule has 1 N–H and O–H groups in total. The second-order valence-electron chi connectivity index (χ2n) is 7.00. The molecule has 6 rings (SSSR count). The summed E-state index contributed by atoms with van der Waals surface area (Å²) in [5, 5.41) is 10.1. The quantitative estimate of drug-likeness (QED) is 0.411. The van der Waals surface area contributed by atoms with Crippen molar-refractivity contribution in [3.8, 4) is 44.5 Å². The second-order valence-corrected chi connectivity index (χ2v) is 8.09. The van der Waals surface area contributed by atoms with Gasteiger partial charge in [0.25, 0.3) is 0 Å². The maximum Gasteiger partial charge on any atom is 0.305 e. The van der Waals surface area contributed by atoms with Crippen LogP contribution < -0.4 is 5.46 Å². The van der Waals surface area contributed by atoms with Gasteiger partial charge in [-0.3, -0.25) is 0 Å². The Bertz CT molecular complexity index is 1250. The van der Waals surface area contributed by atoms with Crippen LogP contribution >= 0.6 is 11.8 Å². The molecular weight excluding hydrogens is 347 g/mol. The molecule has 0 amide bonds. The minimum atomic E-state index is 0.0408. The number of rotatable bonds is 1. The van der Waals surface area contributed by atoms with Crippen molar-refractivity contribution in [2.24, 2.45) is 0 Å². The van der Waals surface area contributed by atoms with Crippen molar-refractivity contribution in [3.63, 3.8) is 0 Å². The van der Waals surface area contributed by atoms with Gasteiger partial charge in [0, 0.05) is 15.4 Å². The van der Waals surface area contributed by atoms with Crippen LogP contribution in [0, 0.1) is 0 Å². The minimum absolute atomic E-state index is 0.0408. The second kappa shape index (κ2) is 5.62. The Morgan fingerprint density at radius 2 is 1.11 bits per heavy atom. The Kier molecular flexibility index (Phi) is 3.19. The summed E-state index contributed by atoms with van der Waals surface area (Å²) in [6, 6.07) is 28.2. The van der Waals surface area contributed by atoms with Crippen LogP contribution in [0.25, 0.3) is 44.5 Å². The predicted octanol–water partition coefficient (Wildman–Crippen LogP) is 5.10. The lowest BCUT2D eigenvalue weighted by atomic mass is 9.78. The standard InChI is InChI=1S/C24H15BOS/c26-25-19-11-4-10-18-23(19)17-9-3-7-14-15-8-5-13-21(24(15)18)27-20-12-2-1-6-16(20)22(14)17/h1-13,25-26H. The van der Waals surface area contributed by atoms with Crippen LogP contribution in [-0.4, -0.2) is 12.5 Å².